The van der Waals surface area contributed by atoms with Crippen LogP contribution in [0.4, 0.5) is 0 Å². The summed E-state index contributed by atoms with van der Waals surface area (Å²) < 4.78 is 0. The zero-order valence-corrected chi connectivity index (χ0v) is 15.8. The third kappa shape index (κ3) is 8.03. The minimum atomic E-state index is -1.04. The summed E-state index contributed by atoms with van der Waals surface area (Å²) in [5.41, 5.74) is -0.222. The Bertz CT molecular complexity index is 544. The fourth-order valence-electron chi connectivity index (χ4n) is 2.21. The molecule has 0 aromatic heterocycles. The summed E-state index contributed by atoms with van der Waals surface area (Å²) in [6.07, 6.45) is 1.29. The first-order valence-electron chi connectivity index (χ1n) is 8.98. The predicted octanol–water partition coefficient (Wildman–Crippen LogP) is 1.75. The van der Waals surface area contributed by atoms with E-state index in [-0.39, 0.29) is 18.5 Å². The van der Waals surface area contributed by atoms with E-state index in [1.807, 2.05) is 51.1 Å². The summed E-state index contributed by atoms with van der Waals surface area (Å²) in [5.74, 6) is 0.615. The van der Waals surface area contributed by atoms with Gasteiger partial charge in [0.15, 0.2) is 5.96 Å². The molecule has 0 heterocycles. The third-order valence-corrected chi connectivity index (χ3v) is 3.95. The van der Waals surface area contributed by atoms with Crippen LogP contribution < -0.4 is 16.0 Å². The number of guanidine groups is 1. The Labute approximate surface area is 151 Å². The van der Waals surface area contributed by atoms with Gasteiger partial charge in [0.05, 0.1) is 6.54 Å². The van der Waals surface area contributed by atoms with Gasteiger partial charge in [-0.25, -0.2) is 4.99 Å². The lowest BCUT2D eigenvalue weighted by Gasteiger charge is -2.22. The lowest BCUT2D eigenvalue weighted by molar-refractivity contribution is -0.121. The van der Waals surface area contributed by atoms with Gasteiger partial charge in [-0.3, -0.25) is 4.79 Å². The molecule has 6 heteroatoms. The van der Waals surface area contributed by atoms with E-state index in [0.29, 0.717) is 25.5 Å². The Balaban J connectivity index is 2.55. The number of amides is 1. The van der Waals surface area contributed by atoms with Gasteiger partial charge >= 0.3 is 0 Å². The molecule has 0 aliphatic carbocycles. The van der Waals surface area contributed by atoms with E-state index >= 15 is 0 Å². The lowest BCUT2D eigenvalue weighted by Crippen LogP contribution is -2.41. The Morgan fingerprint density at radius 1 is 1.24 bits per heavy atom. The molecule has 4 N–H and O–H groups in total. The van der Waals surface area contributed by atoms with Gasteiger partial charge in [0.2, 0.25) is 5.91 Å². The number of carbonyl (C=O) groups is 1. The van der Waals surface area contributed by atoms with Crippen molar-refractivity contribution >= 4 is 11.9 Å². The standard InChI is InChI=1S/C19H32N4O2/c1-5-15(3)23-17(24)12-13-21-18(20-6-2)22-14-19(4,25)16-10-8-7-9-11-16/h7-11,15,25H,5-6,12-14H2,1-4H3,(H,23,24)(H2,20,21,22). The number of nitrogens with one attached hydrogen (secondary N) is 3. The Kier molecular flexibility index (Phi) is 8.99. The first-order chi connectivity index (χ1) is 11.9. The first kappa shape index (κ1) is 21.0. The summed E-state index contributed by atoms with van der Waals surface area (Å²) in [6.45, 7) is 9.17. The van der Waals surface area contributed by atoms with Crippen LogP contribution in [-0.4, -0.2) is 42.6 Å². The Morgan fingerprint density at radius 2 is 1.92 bits per heavy atom. The van der Waals surface area contributed by atoms with Gasteiger partial charge in [0, 0.05) is 25.6 Å². The van der Waals surface area contributed by atoms with Crippen molar-refractivity contribution in [3.8, 4) is 0 Å². The minimum Gasteiger partial charge on any atom is -0.384 e. The second-order valence-electron chi connectivity index (χ2n) is 6.39. The maximum Gasteiger partial charge on any atom is 0.221 e. The number of benzene rings is 1. The number of hydrogen-bond donors (Lipinski definition) is 4. The number of hydrogen-bond acceptors (Lipinski definition) is 3. The Hall–Kier alpha value is -2.08. The monoisotopic (exact) mass is 348 g/mol. The van der Waals surface area contributed by atoms with Crippen LogP contribution in [-0.2, 0) is 10.4 Å². The van der Waals surface area contributed by atoms with Crippen molar-refractivity contribution in [1.29, 1.82) is 0 Å². The molecule has 140 valence electrons. The van der Waals surface area contributed by atoms with E-state index in [0.717, 1.165) is 12.0 Å². The van der Waals surface area contributed by atoms with Crippen LogP contribution in [0, 0.1) is 0 Å². The van der Waals surface area contributed by atoms with Gasteiger partial charge in [-0.15, -0.1) is 0 Å². The molecule has 2 unspecified atom stereocenters. The zero-order chi connectivity index (χ0) is 18.7. The second-order valence-corrected chi connectivity index (χ2v) is 6.39. The topological polar surface area (TPSA) is 85.8 Å². The SMILES string of the molecule is CCNC(=NCC(C)(O)c1ccccc1)NCCC(=O)NC(C)CC. The third-order valence-electron chi connectivity index (χ3n) is 3.95. The maximum absolute atomic E-state index is 11.8. The highest BCUT2D eigenvalue weighted by Gasteiger charge is 2.22. The van der Waals surface area contributed by atoms with E-state index in [2.05, 4.69) is 20.9 Å². The highest BCUT2D eigenvalue weighted by Crippen LogP contribution is 2.20. The van der Waals surface area contributed by atoms with Gasteiger partial charge in [-0.1, -0.05) is 37.3 Å². The average molecular weight is 348 g/mol. The summed E-state index contributed by atoms with van der Waals surface area (Å²) in [4.78, 5) is 16.3. The molecule has 1 aromatic carbocycles. The average Bonchev–Trinajstić information content (AvgIpc) is 2.60. The summed E-state index contributed by atoms with van der Waals surface area (Å²) in [6, 6.07) is 9.67. The van der Waals surface area contributed by atoms with Crippen LogP contribution in [0.2, 0.25) is 0 Å². The molecule has 0 fully saturated rings. The van der Waals surface area contributed by atoms with Gasteiger partial charge < -0.3 is 21.1 Å². The van der Waals surface area contributed by atoms with Crippen LogP contribution >= 0.6 is 0 Å². The van der Waals surface area contributed by atoms with Crippen molar-refractivity contribution in [1.82, 2.24) is 16.0 Å². The molecule has 1 rings (SSSR count). The number of aliphatic hydroxyl groups is 1. The van der Waals surface area contributed by atoms with Gasteiger partial charge in [0.1, 0.15) is 5.60 Å². The van der Waals surface area contributed by atoms with E-state index in [1.165, 1.54) is 0 Å². The number of aliphatic imine (C=N–C) groups is 1. The summed E-state index contributed by atoms with van der Waals surface area (Å²) >= 11 is 0. The van der Waals surface area contributed by atoms with Crippen molar-refractivity contribution in [2.24, 2.45) is 4.99 Å². The van der Waals surface area contributed by atoms with Crippen LogP contribution in [0.5, 0.6) is 0 Å². The summed E-state index contributed by atoms with van der Waals surface area (Å²) in [5, 5.41) is 19.8. The molecule has 0 spiro atoms. The van der Waals surface area contributed by atoms with E-state index in [1.54, 1.807) is 6.92 Å². The lowest BCUT2D eigenvalue weighted by atomic mass is 9.96. The van der Waals surface area contributed by atoms with Crippen molar-refractivity contribution in [3.63, 3.8) is 0 Å². The molecule has 0 radical (unpaired) electrons. The van der Waals surface area contributed by atoms with E-state index in [4.69, 9.17) is 0 Å². The molecule has 0 bridgehead atoms. The van der Waals surface area contributed by atoms with E-state index in [9.17, 15) is 9.90 Å². The Morgan fingerprint density at radius 3 is 2.52 bits per heavy atom. The smallest absolute Gasteiger partial charge is 0.221 e. The molecular formula is C19H32N4O2. The predicted molar refractivity (Wildman–Crippen MR) is 103 cm³/mol. The van der Waals surface area contributed by atoms with Crippen LogP contribution in [0.1, 0.15) is 46.1 Å². The molecule has 25 heavy (non-hydrogen) atoms. The summed E-state index contributed by atoms with van der Waals surface area (Å²) in [7, 11) is 0. The van der Waals surface area contributed by atoms with Crippen LogP contribution in [0.25, 0.3) is 0 Å². The van der Waals surface area contributed by atoms with Crippen molar-refractivity contribution in [2.75, 3.05) is 19.6 Å². The van der Waals surface area contributed by atoms with E-state index < -0.39 is 5.60 Å². The molecule has 2 atom stereocenters. The van der Waals surface area contributed by atoms with Crippen LogP contribution in [0.3, 0.4) is 0 Å². The van der Waals surface area contributed by atoms with Gasteiger partial charge in [-0.2, -0.15) is 0 Å². The molecule has 0 saturated carbocycles. The normalized spacial score (nSPS) is 15.2. The maximum atomic E-state index is 11.8. The molecule has 1 amide bonds. The van der Waals surface area contributed by atoms with Gasteiger partial charge in [0.25, 0.3) is 0 Å². The molecule has 0 aliphatic rings. The van der Waals surface area contributed by atoms with Crippen molar-refractivity contribution in [3.05, 3.63) is 35.9 Å². The largest absolute Gasteiger partial charge is 0.384 e. The molecule has 6 nitrogen and oxygen atoms in total. The number of carbonyl (C=O) groups excluding carboxylic acids is 1. The molecule has 0 saturated heterocycles. The zero-order valence-electron chi connectivity index (χ0n) is 15.8. The van der Waals surface area contributed by atoms with Gasteiger partial charge in [-0.05, 0) is 32.8 Å². The molecule has 1 aromatic rings. The second kappa shape index (κ2) is 10.7. The number of nitrogens with zero attached hydrogens (tertiary/aromatic N) is 1. The quantitative estimate of drug-likeness (QED) is 0.405. The van der Waals surface area contributed by atoms with Crippen molar-refractivity contribution in [2.45, 2.75) is 52.2 Å². The molecule has 0 aliphatic heterocycles. The highest BCUT2D eigenvalue weighted by molar-refractivity contribution is 5.81. The fourth-order valence-corrected chi connectivity index (χ4v) is 2.21. The van der Waals surface area contributed by atoms with Crippen molar-refractivity contribution < 1.29 is 9.90 Å². The first-order valence-corrected chi connectivity index (χ1v) is 8.98. The number of rotatable bonds is 9. The highest BCUT2D eigenvalue weighted by atomic mass is 16.3. The minimum absolute atomic E-state index is 0.0222. The van der Waals surface area contributed by atoms with Crippen LogP contribution in [0.15, 0.2) is 35.3 Å². The fraction of sp³-hybridized carbons (Fsp3) is 0.579. The molecular weight excluding hydrogens is 316 g/mol.